The van der Waals surface area contributed by atoms with Gasteiger partial charge in [-0.2, -0.15) is 15.0 Å². The summed E-state index contributed by atoms with van der Waals surface area (Å²) in [5.41, 5.74) is 6.71. The molecule has 0 unspecified atom stereocenters. The van der Waals surface area contributed by atoms with Gasteiger partial charge in [-0.15, -0.1) is 0 Å². The summed E-state index contributed by atoms with van der Waals surface area (Å²) in [5.74, 6) is 2.21. The molecule has 118 valence electrons. The van der Waals surface area contributed by atoms with E-state index in [-0.39, 0.29) is 12.0 Å². The molecule has 0 bridgehead atoms. The number of nitrogen functional groups attached to an aromatic ring is 1. The van der Waals surface area contributed by atoms with Crippen LogP contribution in [0.1, 0.15) is 25.7 Å². The minimum Gasteiger partial charge on any atom is -0.494 e. The van der Waals surface area contributed by atoms with Crippen molar-refractivity contribution in [3.63, 3.8) is 0 Å². The first-order valence-corrected chi connectivity index (χ1v) is 7.17. The first-order valence-electron chi connectivity index (χ1n) is 7.17. The van der Waals surface area contributed by atoms with Gasteiger partial charge >= 0.3 is 0 Å². The number of benzene rings is 1. The molecule has 3 N–H and O–H groups in total. The number of nitrogens with two attached hydrogens (primary N) is 1. The van der Waals surface area contributed by atoms with Crippen molar-refractivity contribution in [3.05, 3.63) is 30.1 Å². The molecule has 0 aliphatic rings. The van der Waals surface area contributed by atoms with Crippen molar-refractivity contribution < 1.29 is 4.74 Å². The zero-order valence-electron chi connectivity index (χ0n) is 13.4. The van der Waals surface area contributed by atoms with Crippen molar-refractivity contribution in [1.82, 2.24) is 15.0 Å². The first-order chi connectivity index (χ1) is 10.5. The van der Waals surface area contributed by atoms with Gasteiger partial charge in [0.05, 0.1) is 12.6 Å². The smallest absolute Gasteiger partial charge is 0.229 e. The Morgan fingerprint density at radius 3 is 2.45 bits per heavy atom. The van der Waals surface area contributed by atoms with Crippen LogP contribution in [0.25, 0.3) is 0 Å². The van der Waals surface area contributed by atoms with Gasteiger partial charge in [-0.05, 0) is 38.1 Å². The Balaban J connectivity index is 2.13. The summed E-state index contributed by atoms with van der Waals surface area (Å²) in [6.07, 6.45) is 0. The van der Waals surface area contributed by atoms with Gasteiger partial charge in [-0.3, -0.25) is 0 Å². The maximum Gasteiger partial charge on any atom is 0.229 e. The van der Waals surface area contributed by atoms with Gasteiger partial charge in [-0.1, -0.05) is 0 Å². The second kappa shape index (κ2) is 6.93. The maximum absolute atomic E-state index is 5.75. The zero-order valence-corrected chi connectivity index (χ0v) is 13.4. The number of ether oxygens (including phenoxy) is 1. The Hall–Kier alpha value is -2.57. The predicted octanol–water partition coefficient (Wildman–Crippen LogP) is 2.09. The van der Waals surface area contributed by atoms with Crippen LogP contribution < -0.4 is 20.7 Å². The molecule has 0 amide bonds. The van der Waals surface area contributed by atoms with E-state index in [1.54, 1.807) is 4.90 Å². The average Bonchev–Trinajstić information content (AvgIpc) is 2.49. The van der Waals surface area contributed by atoms with Crippen LogP contribution in [0.2, 0.25) is 0 Å². The topological polar surface area (TPSA) is 89.2 Å². The summed E-state index contributed by atoms with van der Waals surface area (Å²) in [6.45, 7) is 4.59. The standard InChI is InChI=1S/C15H22N6O/c1-5-22-12-8-6-11(7-9-12)17-10(2)13-18-14(16)20-15(19-13)21(3)4/h6-10,17H,5H2,1-4H3,(H2,16,18,19,20)/t10-/m0/s1. The summed E-state index contributed by atoms with van der Waals surface area (Å²) in [5, 5.41) is 3.34. The molecule has 2 aromatic rings. The molecule has 0 aliphatic heterocycles. The highest BCUT2D eigenvalue weighted by molar-refractivity contribution is 5.47. The van der Waals surface area contributed by atoms with Crippen LogP contribution in [-0.2, 0) is 0 Å². The van der Waals surface area contributed by atoms with Crippen LogP contribution in [0.4, 0.5) is 17.6 Å². The molecule has 1 aromatic carbocycles. The van der Waals surface area contributed by atoms with E-state index in [2.05, 4.69) is 20.3 Å². The van der Waals surface area contributed by atoms with Crippen LogP contribution in [0.3, 0.4) is 0 Å². The van der Waals surface area contributed by atoms with Crippen molar-refractivity contribution in [2.24, 2.45) is 0 Å². The van der Waals surface area contributed by atoms with Crippen LogP contribution in [0, 0.1) is 0 Å². The summed E-state index contributed by atoms with van der Waals surface area (Å²) in [6, 6.07) is 7.66. The molecule has 1 aromatic heterocycles. The molecule has 22 heavy (non-hydrogen) atoms. The van der Waals surface area contributed by atoms with Gasteiger partial charge in [0, 0.05) is 19.8 Å². The molecule has 1 heterocycles. The Kier molecular flexibility index (Phi) is 4.98. The van der Waals surface area contributed by atoms with E-state index >= 15 is 0 Å². The van der Waals surface area contributed by atoms with Crippen LogP contribution in [0.5, 0.6) is 5.75 Å². The summed E-state index contributed by atoms with van der Waals surface area (Å²) < 4.78 is 5.43. The minimum absolute atomic E-state index is 0.0954. The Morgan fingerprint density at radius 1 is 1.18 bits per heavy atom. The summed E-state index contributed by atoms with van der Waals surface area (Å²) in [4.78, 5) is 14.5. The summed E-state index contributed by atoms with van der Waals surface area (Å²) in [7, 11) is 3.73. The van der Waals surface area contributed by atoms with Crippen molar-refractivity contribution in [1.29, 1.82) is 0 Å². The number of hydrogen-bond donors (Lipinski definition) is 2. The fourth-order valence-corrected chi connectivity index (χ4v) is 1.92. The highest BCUT2D eigenvalue weighted by Crippen LogP contribution is 2.21. The SMILES string of the molecule is CCOc1ccc(N[C@@H](C)c2nc(N)nc(N(C)C)n2)cc1. The van der Waals surface area contributed by atoms with E-state index in [9.17, 15) is 0 Å². The number of rotatable bonds is 6. The third-order valence-electron chi connectivity index (χ3n) is 2.99. The fourth-order valence-electron chi connectivity index (χ4n) is 1.92. The van der Waals surface area contributed by atoms with E-state index in [1.807, 2.05) is 52.2 Å². The molecular weight excluding hydrogens is 280 g/mol. The van der Waals surface area contributed by atoms with Crippen LogP contribution in [-0.4, -0.2) is 35.7 Å². The Morgan fingerprint density at radius 2 is 1.86 bits per heavy atom. The van der Waals surface area contributed by atoms with E-state index in [1.165, 1.54) is 0 Å². The van der Waals surface area contributed by atoms with E-state index in [0.29, 0.717) is 18.4 Å². The van der Waals surface area contributed by atoms with Crippen molar-refractivity contribution in [2.75, 3.05) is 36.7 Å². The van der Waals surface area contributed by atoms with Gasteiger partial charge < -0.3 is 20.7 Å². The van der Waals surface area contributed by atoms with E-state index in [4.69, 9.17) is 10.5 Å². The van der Waals surface area contributed by atoms with Gasteiger partial charge in [0.15, 0.2) is 5.82 Å². The minimum atomic E-state index is -0.0954. The van der Waals surface area contributed by atoms with E-state index < -0.39 is 0 Å². The Labute approximate surface area is 130 Å². The molecule has 7 heteroatoms. The third-order valence-corrected chi connectivity index (χ3v) is 2.99. The summed E-state index contributed by atoms with van der Waals surface area (Å²) >= 11 is 0. The Bertz CT molecular complexity index is 614. The second-order valence-electron chi connectivity index (χ2n) is 5.07. The molecule has 0 saturated carbocycles. The normalized spacial score (nSPS) is 11.8. The fraction of sp³-hybridized carbons (Fsp3) is 0.400. The molecule has 0 fully saturated rings. The van der Waals surface area contributed by atoms with Gasteiger partial charge in [0.2, 0.25) is 11.9 Å². The number of anilines is 3. The van der Waals surface area contributed by atoms with Crippen LogP contribution >= 0.6 is 0 Å². The number of hydrogen-bond acceptors (Lipinski definition) is 7. The quantitative estimate of drug-likeness (QED) is 0.844. The zero-order chi connectivity index (χ0) is 16.1. The third kappa shape index (κ3) is 3.97. The molecule has 0 radical (unpaired) electrons. The first kappa shape index (κ1) is 15.8. The maximum atomic E-state index is 5.75. The van der Waals surface area contributed by atoms with Crippen molar-refractivity contribution in [2.45, 2.75) is 19.9 Å². The van der Waals surface area contributed by atoms with Crippen LogP contribution in [0.15, 0.2) is 24.3 Å². The van der Waals surface area contributed by atoms with Gasteiger partial charge in [-0.25, -0.2) is 0 Å². The second-order valence-corrected chi connectivity index (χ2v) is 5.07. The molecule has 0 saturated heterocycles. The molecular formula is C15H22N6O. The van der Waals surface area contributed by atoms with Gasteiger partial charge in [0.25, 0.3) is 0 Å². The molecule has 2 rings (SSSR count). The van der Waals surface area contributed by atoms with E-state index in [0.717, 1.165) is 11.4 Å². The predicted molar refractivity (Wildman–Crippen MR) is 88.2 cm³/mol. The monoisotopic (exact) mass is 302 g/mol. The highest BCUT2D eigenvalue weighted by Gasteiger charge is 2.13. The lowest BCUT2D eigenvalue weighted by molar-refractivity contribution is 0.340. The number of nitrogens with zero attached hydrogens (tertiary/aromatic N) is 4. The number of nitrogens with one attached hydrogen (secondary N) is 1. The lowest BCUT2D eigenvalue weighted by atomic mass is 10.2. The number of aromatic nitrogens is 3. The highest BCUT2D eigenvalue weighted by atomic mass is 16.5. The molecule has 0 aliphatic carbocycles. The lowest BCUT2D eigenvalue weighted by Gasteiger charge is -2.17. The molecule has 0 spiro atoms. The molecule has 1 atom stereocenters. The van der Waals surface area contributed by atoms with Gasteiger partial charge in [0.1, 0.15) is 5.75 Å². The lowest BCUT2D eigenvalue weighted by Crippen LogP contribution is -2.19. The molecule has 7 nitrogen and oxygen atoms in total. The largest absolute Gasteiger partial charge is 0.494 e. The van der Waals surface area contributed by atoms with Crippen molar-refractivity contribution in [3.8, 4) is 5.75 Å². The van der Waals surface area contributed by atoms with Crippen molar-refractivity contribution >= 4 is 17.6 Å². The average molecular weight is 302 g/mol.